The maximum Gasteiger partial charge on any atom is 0.243 e. The van der Waals surface area contributed by atoms with Crippen LogP contribution in [0, 0.1) is 0 Å². The first-order valence-electron chi connectivity index (χ1n) is 4.96. The molecule has 0 radical (unpaired) electrons. The summed E-state index contributed by atoms with van der Waals surface area (Å²) in [6.45, 7) is 1.41. The first-order chi connectivity index (χ1) is 7.77. The summed E-state index contributed by atoms with van der Waals surface area (Å²) in [5.41, 5.74) is -1.25. The van der Waals surface area contributed by atoms with E-state index in [-0.39, 0.29) is 18.0 Å². The van der Waals surface area contributed by atoms with Crippen LogP contribution in [0.25, 0.3) is 0 Å². The van der Waals surface area contributed by atoms with Gasteiger partial charge in [-0.15, -0.1) is 0 Å². The van der Waals surface area contributed by atoms with Crippen molar-refractivity contribution >= 4 is 10.0 Å². The van der Waals surface area contributed by atoms with E-state index in [9.17, 15) is 13.5 Å². The minimum atomic E-state index is -3.64. The van der Waals surface area contributed by atoms with E-state index in [2.05, 4.69) is 9.82 Å². The first kappa shape index (κ1) is 14.1. The number of nitrogens with zero attached hydrogens (tertiary/aromatic N) is 2. The number of nitrogens with one attached hydrogen (secondary N) is 1. The number of rotatable bonds is 6. The van der Waals surface area contributed by atoms with Crippen LogP contribution in [0.3, 0.4) is 0 Å². The van der Waals surface area contributed by atoms with Crippen LogP contribution in [0.4, 0.5) is 0 Å². The highest BCUT2D eigenvalue weighted by atomic mass is 32.2. The van der Waals surface area contributed by atoms with E-state index in [1.807, 2.05) is 0 Å². The lowest BCUT2D eigenvalue weighted by molar-refractivity contribution is -0.0119. The van der Waals surface area contributed by atoms with Crippen LogP contribution in [0.5, 0.6) is 0 Å². The quantitative estimate of drug-likeness (QED) is 0.693. The first-order valence-corrected chi connectivity index (χ1v) is 6.45. The van der Waals surface area contributed by atoms with Gasteiger partial charge in [-0.3, -0.25) is 4.68 Å². The predicted molar refractivity (Wildman–Crippen MR) is 60.9 cm³/mol. The summed E-state index contributed by atoms with van der Waals surface area (Å²) >= 11 is 0. The molecular weight excluding hydrogens is 246 g/mol. The minimum Gasteiger partial charge on any atom is -0.386 e. The van der Waals surface area contributed by atoms with E-state index in [1.165, 1.54) is 31.1 Å². The summed E-state index contributed by atoms with van der Waals surface area (Å²) in [5.74, 6) is 0. The van der Waals surface area contributed by atoms with Gasteiger partial charge in [0, 0.05) is 26.9 Å². The van der Waals surface area contributed by atoms with Crippen molar-refractivity contribution in [2.45, 2.75) is 17.4 Å². The van der Waals surface area contributed by atoms with Gasteiger partial charge in [0.1, 0.15) is 4.90 Å². The van der Waals surface area contributed by atoms with Gasteiger partial charge in [0.15, 0.2) is 0 Å². The van der Waals surface area contributed by atoms with Crippen LogP contribution < -0.4 is 4.72 Å². The zero-order valence-electron chi connectivity index (χ0n) is 10.0. The Hall–Kier alpha value is -0.960. The second-order valence-corrected chi connectivity index (χ2v) is 5.87. The lowest BCUT2D eigenvalue weighted by atomic mass is 10.1. The third kappa shape index (κ3) is 4.08. The van der Waals surface area contributed by atoms with Gasteiger partial charge >= 0.3 is 0 Å². The number of aliphatic hydroxyl groups is 1. The molecule has 0 aliphatic carbocycles. The second kappa shape index (κ2) is 5.13. The molecule has 0 spiro atoms. The molecule has 2 N–H and O–H groups in total. The molecule has 0 saturated heterocycles. The summed E-state index contributed by atoms with van der Waals surface area (Å²) < 4.78 is 32.0. The van der Waals surface area contributed by atoms with Crippen LogP contribution in [0.15, 0.2) is 17.3 Å². The standard InChI is InChI=1S/C9H17N3O4S/c1-9(13,7-16-3)6-11-17(14,15)8-4-10-12(2)5-8/h4-5,11,13H,6-7H2,1-3H3/t9-/m1/s1. The van der Waals surface area contributed by atoms with Crippen molar-refractivity contribution in [3.05, 3.63) is 12.4 Å². The van der Waals surface area contributed by atoms with Gasteiger partial charge in [0.25, 0.3) is 0 Å². The number of aromatic nitrogens is 2. The molecule has 1 aromatic heterocycles. The summed E-state index contributed by atoms with van der Waals surface area (Å²) in [7, 11) is -0.580. The molecule has 0 unspecified atom stereocenters. The zero-order chi connectivity index (χ0) is 13.1. The normalized spacial score (nSPS) is 15.8. The van der Waals surface area contributed by atoms with Gasteiger partial charge < -0.3 is 9.84 Å². The Labute approximate surface area is 100 Å². The van der Waals surface area contributed by atoms with Crippen LogP contribution in [0.2, 0.25) is 0 Å². The Morgan fingerprint density at radius 3 is 2.76 bits per heavy atom. The number of hydrogen-bond acceptors (Lipinski definition) is 5. The smallest absolute Gasteiger partial charge is 0.243 e. The highest BCUT2D eigenvalue weighted by Gasteiger charge is 2.24. The number of methoxy groups -OCH3 is 1. The summed E-state index contributed by atoms with van der Waals surface area (Å²) in [6.07, 6.45) is 2.63. The van der Waals surface area contributed by atoms with Crippen LogP contribution in [-0.2, 0) is 21.8 Å². The van der Waals surface area contributed by atoms with E-state index >= 15 is 0 Å². The average Bonchev–Trinajstić information content (AvgIpc) is 2.63. The molecular formula is C9H17N3O4S. The fourth-order valence-electron chi connectivity index (χ4n) is 1.23. The van der Waals surface area contributed by atoms with Crippen molar-refractivity contribution < 1.29 is 18.3 Å². The molecule has 17 heavy (non-hydrogen) atoms. The fraction of sp³-hybridized carbons (Fsp3) is 0.667. The number of aryl methyl sites for hydroxylation is 1. The molecule has 1 atom stereocenters. The Bertz CT molecular complexity index is 466. The topological polar surface area (TPSA) is 93.4 Å². The molecule has 98 valence electrons. The van der Waals surface area contributed by atoms with E-state index < -0.39 is 15.6 Å². The summed E-state index contributed by atoms with van der Waals surface area (Å²) in [5, 5.41) is 13.5. The van der Waals surface area contributed by atoms with Crippen molar-refractivity contribution in [3.63, 3.8) is 0 Å². The number of sulfonamides is 1. The number of ether oxygens (including phenoxy) is 1. The van der Waals surface area contributed by atoms with Gasteiger partial charge in [-0.1, -0.05) is 0 Å². The Balaban J connectivity index is 2.69. The van der Waals surface area contributed by atoms with Crippen molar-refractivity contribution in [3.8, 4) is 0 Å². The van der Waals surface area contributed by atoms with E-state index in [0.717, 1.165) is 0 Å². The predicted octanol–water partition coefficient (Wildman–Crippen LogP) is -0.904. The number of hydrogen-bond donors (Lipinski definition) is 2. The van der Waals surface area contributed by atoms with Gasteiger partial charge in [0.05, 0.1) is 18.4 Å². The molecule has 1 heterocycles. The van der Waals surface area contributed by atoms with Gasteiger partial charge in [-0.25, -0.2) is 13.1 Å². The molecule has 0 saturated carbocycles. The van der Waals surface area contributed by atoms with Gasteiger partial charge in [-0.2, -0.15) is 5.10 Å². The lowest BCUT2D eigenvalue weighted by Crippen LogP contribution is -2.43. The lowest BCUT2D eigenvalue weighted by Gasteiger charge is -2.22. The molecule has 0 fully saturated rings. The van der Waals surface area contributed by atoms with Crippen molar-refractivity contribution in [2.24, 2.45) is 7.05 Å². The largest absolute Gasteiger partial charge is 0.386 e. The molecule has 0 aliphatic rings. The van der Waals surface area contributed by atoms with Crippen molar-refractivity contribution in [2.75, 3.05) is 20.3 Å². The highest BCUT2D eigenvalue weighted by molar-refractivity contribution is 7.89. The van der Waals surface area contributed by atoms with Gasteiger partial charge in [0.2, 0.25) is 10.0 Å². The maximum atomic E-state index is 11.8. The van der Waals surface area contributed by atoms with Crippen molar-refractivity contribution in [1.82, 2.24) is 14.5 Å². The fourth-order valence-corrected chi connectivity index (χ4v) is 2.38. The molecule has 0 bridgehead atoms. The molecule has 7 nitrogen and oxygen atoms in total. The molecule has 1 aromatic rings. The average molecular weight is 263 g/mol. The molecule has 0 amide bonds. The Kier molecular flexibility index (Phi) is 4.26. The van der Waals surface area contributed by atoms with Crippen LogP contribution >= 0.6 is 0 Å². The molecule has 0 aliphatic heterocycles. The van der Waals surface area contributed by atoms with Crippen LogP contribution in [-0.4, -0.2) is 49.2 Å². The molecule has 8 heteroatoms. The molecule has 0 aromatic carbocycles. The van der Waals surface area contributed by atoms with Crippen LogP contribution in [0.1, 0.15) is 6.92 Å². The van der Waals surface area contributed by atoms with Crippen molar-refractivity contribution in [1.29, 1.82) is 0 Å². The van der Waals surface area contributed by atoms with E-state index in [4.69, 9.17) is 4.74 Å². The monoisotopic (exact) mass is 263 g/mol. The van der Waals surface area contributed by atoms with Gasteiger partial charge in [-0.05, 0) is 6.92 Å². The second-order valence-electron chi connectivity index (χ2n) is 4.10. The minimum absolute atomic E-state index is 0.0442. The van der Waals surface area contributed by atoms with E-state index in [1.54, 1.807) is 7.05 Å². The van der Waals surface area contributed by atoms with E-state index in [0.29, 0.717) is 0 Å². The SMILES string of the molecule is COC[C@](C)(O)CNS(=O)(=O)c1cnn(C)c1. The Morgan fingerprint density at radius 1 is 1.65 bits per heavy atom. The molecule has 1 rings (SSSR count). The Morgan fingerprint density at radius 2 is 2.29 bits per heavy atom. The summed E-state index contributed by atoms with van der Waals surface area (Å²) in [4.78, 5) is 0.0632. The maximum absolute atomic E-state index is 11.8. The summed E-state index contributed by atoms with van der Waals surface area (Å²) in [6, 6.07) is 0. The third-order valence-electron chi connectivity index (χ3n) is 2.09. The third-order valence-corrected chi connectivity index (χ3v) is 3.45. The highest BCUT2D eigenvalue weighted by Crippen LogP contribution is 2.08. The zero-order valence-corrected chi connectivity index (χ0v) is 10.9.